The number of amides is 1. The highest BCUT2D eigenvalue weighted by atomic mass is 16.5. The van der Waals surface area contributed by atoms with Gasteiger partial charge in [-0.2, -0.15) is 0 Å². The molecule has 0 saturated heterocycles. The number of guanidine groups is 1. The molecule has 0 aliphatic rings. The minimum absolute atomic E-state index is 0.0464. The highest BCUT2D eigenvalue weighted by Crippen LogP contribution is 2.05. The largest absolute Gasteiger partial charge is 0.381 e. The minimum Gasteiger partial charge on any atom is -0.381 e. The molecule has 0 aliphatic carbocycles. The Morgan fingerprint density at radius 1 is 1.12 bits per heavy atom. The number of nitrogens with zero attached hydrogens (tertiary/aromatic N) is 1. The van der Waals surface area contributed by atoms with E-state index in [1.165, 1.54) is 0 Å². The van der Waals surface area contributed by atoms with Crippen LogP contribution in [-0.4, -0.2) is 45.2 Å². The molecule has 1 amide bonds. The van der Waals surface area contributed by atoms with Crippen molar-refractivity contribution in [3.05, 3.63) is 35.4 Å². The van der Waals surface area contributed by atoms with Crippen molar-refractivity contribution in [3.63, 3.8) is 0 Å². The number of rotatable bonds is 11. The van der Waals surface area contributed by atoms with Crippen molar-refractivity contribution in [1.29, 1.82) is 0 Å². The summed E-state index contributed by atoms with van der Waals surface area (Å²) in [6.45, 7) is 7.72. The van der Waals surface area contributed by atoms with Gasteiger partial charge in [0.15, 0.2) is 5.96 Å². The van der Waals surface area contributed by atoms with E-state index in [0.717, 1.165) is 50.5 Å². The van der Waals surface area contributed by atoms with Crippen LogP contribution in [0.25, 0.3) is 0 Å². The van der Waals surface area contributed by atoms with Crippen molar-refractivity contribution < 1.29 is 9.53 Å². The summed E-state index contributed by atoms with van der Waals surface area (Å²) in [5, 5.41) is 9.34. The predicted molar refractivity (Wildman–Crippen MR) is 103 cm³/mol. The Labute approximate surface area is 151 Å². The van der Waals surface area contributed by atoms with Crippen LogP contribution in [0, 0.1) is 0 Å². The normalized spacial score (nSPS) is 11.2. The second kappa shape index (κ2) is 13.2. The van der Waals surface area contributed by atoms with Crippen LogP contribution in [0.4, 0.5) is 0 Å². The van der Waals surface area contributed by atoms with Gasteiger partial charge in [-0.25, -0.2) is 0 Å². The average molecular weight is 348 g/mol. The fourth-order valence-electron chi connectivity index (χ4n) is 2.22. The van der Waals surface area contributed by atoms with Gasteiger partial charge < -0.3 is 20.7 Å². The van der Waals surface area contributed by atoms with Crippen LogP contribution in [0.1, 0.15) is 49.0 Å². The van der Waals surface area contributed by atoms with Gasteiger partial charge in [0.1, 0.15) is 0 Å². The third-order valence-electron chi connectivity index (χ3n) is 3.61. The Morgan fingerprint density at radius 2 is 1.92 bits per heavy atom. The average Bonchev–Trinajstić information content (AvgIpc) is 2.64. The number of ether oxygens (including phenoxy) is 1. The SMILES string of the molecule is CCCCOCCCNC(=NC)NCc1cccc(C(=O)NCC)c1. The maximum absolute atomic E-state index is 11.9. The van der Waals surface area contributed by atoms with Crippen molar-refractivity contribution >= 4 is 11.9 Å². The first kappa shape index (κ1) is 21.0. The minimum atomic E-state index is -0.0464. The molecule has 0 saturated carbocycles. The lowest BCUT2D eigenvalue weighted by atomic mass is 10.1. The van der Waals surface area contributed by atoms with Crippen LogP contribution in [0.2, 0.25) is 0 Å². The van der Waals surface area contributed by atoms with Gasteiger partial charge in [0.25, 0.3) is 5.91 Å². The lowest BCUT2D eigenvalue weighted by Crippen LogP contribution is -2.37. The third-order valence-corrected chi connectivity index (χ3v) is 3.61. The molecule has 0 aromatic heterocycles. The van der Waals surface area contributed by atoms with E-state index in [0.29, 0.717) is 18.7 Å². The third kappa shape index (κ3) is 9.10. The molecule has 0 spiro atoms. The van der Waals surface area contributed by atoms with Crippen LogP contribution in [0.3, 0.4) is 0 Å². The quantitative estimate of drug-likeness (QED) is 0.326. The van der Waals surface area contributed by atoms with Gasteiger partial charge in [-0.1, -0.05) is 25.5 Å². The van der Waals surface area contributed by atoms with Crippen LogP contribution < -0.4 is 16.0 Å². The summed E-state index contributed by atoms with van der Waals surface area (Å²) in [6, 6.07) is 7.60. The van der Waals surface area contributed by atoms with Gasteiger partial charge in [0, 0.05) is 45.5 Å². The Kier molecular flexibility index (Phi) is 11.1. The maximum atomic E-state index is 11.9. The fourth-order valence-corrected chi connectivity index (χ4v) is 2.22. The Bertz CT molecular complexity index is 532. The van der Waals surface area contributed by atoms with Crippen LogP contribution in [0.5, 0.6) is 0 Å². The number of carbonyl (C=O) groups excluding carboxylic acids is 1. The summed E-state index contributed by atoms with van der Waals surface area (Å²) >= 11 is 0. The summed E-state index contributed by atoms with van der Waals surface area (Å²) in [6.07, 6.45) is 3.22. The number of unbranched alkanes of at least 4 members (excludes halogenated alkanes) is 1. The van der Waals surface area contributed by atoms with Gasteiger partial charge in [-0.05, 0) is 37.5 Å². The fraction of sp³-hybridized carbons (Fsp3) is 0.579. The molecule has 0 bridgehead atoms. The predicted octanol–water partition coefficient (Wildman–Crippen LogP) is 2.31. The Balaban J connectivity index is 2.32. The zero-order chi connectivity index (χ0) is 18.3. The van der Waals surface area contributed by atoms with Gasteiger partial charge in [-0.15, -0.1) is 0 Å². The summed E-state index contributed by atoms with van der Waals surface area (Å²) in [7, 11) is 1.75. The molecule has 1 aromatic rings. The Morgan fingerprint density at radius 3 is 2.64 bits per heavy atom. The molecule has 140 valence electrons. The van der Waals surface area contributed by atoms with Crippen LogP contribution in [0.15, 0.2) is 29.3 Å². The molecule has 0 heterocycles. The van der Waals surface area contributed by atoms with Gasteiger partial charge in [-0.3, -0.25) is 9.79 Å². The summed E-state index contributed by atoms with van der Waals surface area (Å²) < 4.78 is 5.54. The number of aliphatic imine (C=N–C) groups is 1. The Hall–Kier alpha value is -2.08. The molecule has 1 rings (SSSR count). The number of hydrogen-bond acceptors (Lipinski definition) is 3. The molecule has 1 aromatic carbocycles. The highest BCUT2D eigenvalue weighted by molar-refractivity contribution is 5.94. The lowest BCUT2D eigenvalue weighted by Gasteiger charge is -2.12. The van der Waals surface area contributed by atoms with Crippen molar-refractivity contribution in [2.75, 3.05) is 33.4 Å². The molecule has 0 radical (unpaired) electrons. The first-order chi connectivity index (χ1) is 12.2. The number of benzene rings is 1. The van der Waals surface area contributed by atoms with E-state index in [-0.39, 0.29) is 5.91 Å². The van der Waals surface area contributed by atoms with Crippen LogP contribution >= 0.6 is 0 Å². The van der Waals surface area contributed by atoms with Crippen molar-refractivity contribution in [2.24, 2.45) is 4.99 Å². The van der Waals surface area contributed by atoms with E-state index in [9.17, 15) is 4.79 Å². The zero-order valence-corrected chi connectivity index (χ0v) is 15.7. The molecule has 0 fully saturated rings. The maximum Gasteiger partial charge on any atom is 0.251 e. The first-order valence-corrected chi connectivity index (χ1v) is 9.10. The number of carbonyl (C=O) groups is 1. The lowest BCUT2D eigenvalue weighted by molar-refractivity contribution is 0.0955. The van der Waals surface area contributed by atoms with Crippen molar-refractivity contribution in [2.45, 2.75) is 39.7 Å². The van der Waals surface area contributed by atoms with E-state index >= 15 is 0 Å². The second-order valence-corrected chi connectivity index (χ2v) is 5.73. The molecule has 0 unspecified atom stereocenters. The van der Waals surface area contributed by atoms with Crippen molar-refractivity contribution in [3.8, 4) is 0 Å². The number of hydrogen-bond donors (Lipinski definition) is 3. The summed E-state index contributed by atoms with van der Waals surface area (Å²) in [5.74, 6) is 0.701. The molecule has 3 N–H and O–H groups in total. The summed E-state index contributed by atoms with van der Waals surface area (Å²) in [5.41, 5.74) is 1.71. The number of nitrogens with one attached hydrogen (secondary N) is 3. The first-order valence-electron chi connectivity index (χ1n) is 9.10. The molecule has 25 heavy (non-hydrogen) atoms. The van der Waals surface area contributed by atoms with E-state index in [2.05, 4.69) is 27.9 Å². The summed E-state index contributed by atoms with van der Waals surface area (Å²) in [4.78, 5) is 16.1. The monoisotopic (exact) mass is 348 g/mol. The van der Waals surface area contributed by atoms with E-state index in [4.69, 9.17) is 4.74 Å². The zero-order valence-electron chi connectivity index (χ0n) is 15.7. The second-order valence-electron chi connectivity index (χ2n) is 5.73. The van der Waals surface area contributed by atoms with E-state index in [1.807, 2.05) is 31.2 Å². The molecule has 0 aliphatic heterocycles. The molecule has 6 heteroatoms. The topological polar surface area (TPSA) is 74.8 Å². The van der Waals surface area contributed by atoms with Gasteiger partial charge >= 0.3 is 0 Å². The molecule has 0 atom stereocenters. The van der Waals surface area contributed by atoms with Crippen molar-refractivity contribution in [1.82, 2.24) is 16.0 Å². The molecule has 6 nitrogen and oxygen atoms in total. The van der Waals surface area contributed by atoms with E-state index < -0.39 is 0 Å². The molecular weight excluding hydrogens is 316 g/mol. The highest BCUT2D eigenvalue weighted by Gasteiger charge is 2.05. The standard InChI is InChI=1S/C19H32N4O2/c1-4-6-12-25-13-8-11-22-19(20-3)23-15-16-9-7-10-17(14-16)18(24)21-5-2/h7,9-10,14H,4-6,8,11-13,15H2,1-3H3,(H,21,24)(H2,20,22,23). The van der Waals surface area contributed by atoms with Gasteiger partial charge in [0.05, 0.1) is 0 Å². The van der Waals surface area contributed by atoms with Gasteiger partial charge in [0.2, 0.25) is 0 Å². The van der Waals surface area contributed by atoms with E-state index in [1.54, 1.807) is 7.05 Å². The molecular formula is C19H32N4O2. The van der Waals surface area contributed by atoms with Crippen LogP contribution in [-0.2, 0) is 11.3 Å². The smallest absolute Gasteiger partial charge is 0.251 e.